The van der Waals surface area contributed by atoms with Crippen LogP contribution < -0.4 is 15.6 Å². The maximum absolute atomic E-state index is 13.0. The molecule has 0 saturated carbocycles. The summed E-state index contributed by atoms with van der Waals surface area (Å²) in [5.74, 6) is 1.49. The fourth-order valence-electron chi connectivity index (χ4n) is 4.14. The molecule has 0 bridgehead atoms. The van der Waals surface area contributed by atoms with Gasteiger partial charge in [-0.05, 0) is 37.0 Å². The Bertz CT molecular complexity index is 1340. The first-order chi connectivity index (χ1) is 15.6. The van der Waals surface area contributed by atoms with Crippen LogP contribution in [0.25, 0.3) is 17.2 Å². The fraction of sp³-hybridized carbons (Fsp3) is 0.250. The van der Waals surface area contributed by atoms with E-state index >= 15 is 0 Å². The molecule has 2 aromatic carbocycles. The molecule has 0 fully saturated rings. The van der Waals surface area contributed by atoms with Crippen molar-refractivity contribution in [1.29, 1.82) is 0 Å². The zero-order valence-corrected chi connectivity index (χ0v) is 17.7. The van der Waals surface area contributed by atoms with E-state index in [1.807, 2.05) is 59.2 Å². The van der Waals surface area contributed by atoms with Crippen molar-refractivity contribution in [3.8, 4) is 17.1 Å². The second-order valence-corrected chi connectivity index (χ2v) is 7.81. The van der Waals surface area contributed by atoms with Gasteiger partial charge in [-0.15, -0.1) is 5.10 Å². The molecule has 1 aliphatic carbocycles. The van der Waals surface area contributed by atoms with Gasteiger partial charge in [-0.25, -0.2) is 0 Å². The highest BCUT2D eigenvalue weighted by Gasteiger charge is 2.25. The average Bonchev–Trinajstić information content (AvgIpc) is 3.50. The summed E-state index contributed by atoms with van der Waals surface area (Å²) in [4.78, 5) is 30.5. The van der Waals surface area contributed by atoms with Crippen molar-refractivity contribution in [1.82, 2.24) is 24.5 Å². The van der Waals surface area contributed by atoms with Crippen LogP contribution in [0.1, 0.15) is 23.2 Å². The van der Waals surface area contributed by atoms with E-state index in [4.69, 9.17) is 4.74 Å². The van der Waals surface area contributed by atoms with Crippen molar-refractivity contribution in [2.75, 3.05) is 7.11 Å². The molecular weight excluding hydrogens is 406 g/mol. The number of benzene rings is 2. The van der Waals surface area contributed by atoms with Gasteiger partial charge in [0.1, 0.15) is 12.3 Å². The number of hydrogen-bond donors (Lipinski definition) is 1. The second kappa shape index (κ2) is 8.30. The Balaban J connectivity index is 1.45. The summed E-state index contributed by atoms with van der Waals surface area (Å²) < 4.78 is 8.35. The van der Waals surface area contributed by atoms with Gasteiger partial charge in [0.15, 0.2) is 5.82 Å². The first kappa shape index (κ1) is 20.0. The number of ether oxygens (including phenoxy) is 1. The average molecular weight is 429 g/mol. The predicted molar refractivity (Wildman–Crippen MR) is 120 cm³/mol. The number of hydrogen-bond acceptors (Lipinski definition) is 5. The molecule has 2 aromatic heterocycles. The van der Waals surface area contributed by atoms with Gasteiger partial charge < -0.3 is 14.6 Å². The van der Waals surface area contributed by atoms with Crippen molar-refractivity contribution >= 4 is 11.7 Å². The lowest BCUT2D eigenvalue weighted by Crippen LogP contribution is -2.31. The Hall–Kier alpha value is -3.94. The van der Waals surface area contributed by atoms with Crippen molar-refractivity contribution in [2.45, 2.75) is 32.4 Å². The molecule has 2 heterocycles. The van der Waals surface area contributed by atoms with Crippen LogP contribution >= 0.6 is 0 Å². The number of nitrogens with zero attached hydrogens (tertiary/aromatic N) is 4. The molecule has 4 aromatic rings. The molecule has 0 atom stereocenters. The third-order valence-corrected chi connectivity index (χ3v) is 5.78. The molecule has 0 radical (unpaired) electrons. The van der Waals surface area contributed by atoms with Gasteiger partial charge in [0.2, 0.25) is 11.7 Å². The topological polar surface area (TPSA) is 90.5 Å². The maximum Gasteiger partial charge on any atom is 0.279 e. The highest BCUT2D eigenvalue weighted by Crippen LogP contribution is 2.22. The van der Waals surface area contributed by atoms with E-state index in [9.17, 15) is 9.59 Å². The Morgan fingerprint density at radius 1 is 1.09 bits per heavy atom. The lowest BCUT2D eigenvalue weighted by molar-refractivity contribution is -0.121. The summed E-state index contributed by atoms with van der Waals surface area (Å²) in [6.07, 6.45) is 2.33. The van der Waals surface area contributed by atoms with Gasteiger partial charge >= 0.3 is 0 Å². The third kappa shape index (κ3) is 3.64. The fourth-order valence-corrected chi connectivity index (χ4v) is 4.14. The van der Waals surface area contributed by atoms with Gasteiger partial charge in [-0.2, -0.15) is 9.50 Å². The maximum atomic E-state index is 13.0. The van der Waals surface area contributed by atoms with Gasteiger partial charge in [0.05, 0.1) is 7.11 Å². The van der Waals surface area contributed by atoms with E-state index in [0.717, 1.165) is 41.0 Å². The SMILES string of the molecule is COc1ccc(CNC(=O)Cn2c3c(c(=O)n4nc(-c5ccccc5)nc24)CCC3)cc1. The van der Waals surface area contributed by atoms with E-state index in [0.29, 0.717) is 24.6 Å². The first-order valence-electron chi connectivity index (χ1n) is 10.6. The smallest absolute Gasteiger partial charge is 0.279 e. The van der Waals surface area contributed by atoms with Crippen LogP contribution in [-0.4, -0.2) is 32.2 Å². The number of nitrogens with one attached hydrogen (secondary N) is 1. The third-order valence-electron chi connectivity index (χ3n) is 5.78. The predicted octanol–water partition coefficient (Wildman–Crippen LogP) is 2.37. The molecule has 0 saturated heterocycles. The summed E-state index contributed by atoms with van der Waals surface area (Å²) in [5.41, 5.74) is 3.27. The molecule has 8 nitrogen and oxygen atoms in total. The number of carbonyl (C=O) groups excluding carboxylic acids is 1. The molecule has 8 heteroatoms. The van der Waals surface area contributed by atoms with Crippen molar-refractivity contribution < 1.29 is 9.53 Å². The minimum Gasteiger partial charge on any atom is -0.497 e. The van der Waals surface area contributed by atoms with Gasteiger partial charge in [-0.1, -0.05) is 42.5 Å². The Morgan fingerprint density at radius 2 is 1.88 bits per heavy atom. The van der Waals surface area contributed by atoms with Crippen LogP contribution in [-0.2, 0) is 30.7 Å². The Kier molecular flexibility index (Phi) is 5.18. The molecule has 1 amide bonds. The number of carbonyl (C=O) groups is 1. The molecule has 5 rings (SSSR count). The summed E-state index contributed by atoms with van der Waals surface area (Å²) in [7, 11) is 1.62. The van der Waals surface area contributed by atoms with E-state index in [1.165, 1.54) is 4.52 Å². The van der Waals surface area contributed by atoms with E-state index in [2.05, 4.69) is 15.4 Å². The van der Waals surface area contributed by atoms with Gasteiger partial charge in [0, 0.05) is 23.4 Å². The molecule has 32 heavy (non-hydrogen) atoms. The second-order valence-electron chi connectivity index (χ2n) is 7.81. The van der Waals surface area contributed by atoms with E-state index in [-0.39, 0.29) is 18.0 Å². The molecule has 1 aliphatic rings. The largest absolute Gasteiger partial charge is 0.497 e. The minimum atomic E-state index is -0.148. The highest BCUT2D eigenvalue weighted by atomic mass is 16.5. The van der Waals surface area contributed by atoms with Crippen LogP contribution in [0.2, 0.25) is 0 Å². The molecule has 0 spiro atoms. The van der Waals surface area contributed by atoms with Crippen LogP contribution in [0.4, 0.5) is 0 Å². The normalized spacial score (nSPS) is 12.7. The number of fused-ring (bicyclic) bond motifs is 2. The van der Waals surface area contributed by atoms with Crippen LogP contribution in [0.5, 0.6) is 5.75 Å². The Labute approximate surface area is 184 Å². The van der Waals surface area contributed by atoms with E-state index in [1.54, 1.807) is 7.11 Å². The molecule has 0 unspecified atom stereocenters. The van der Waals surface area contributed by atoms with Gasteiger partial charge in [-0.3, -0.25) is 9.59 Å². The number of aromatic nitrogens is 4. The molecule has 0 aliphatic heterocycles. The standard InChI is InChI=1S/C24H23N5O3/c1-32-18-12-10-16(11-13-18)14-25-21(30)15-28-20-9-5-8-19(20)23(31)29-24(28)26-22(27-29)17-6-3-2-4-7-17/h2-4,6-7,10-13H,5,8-9,14-15H2,1H3,(H,25,30). The van der Waals surface area contributed by atoms with Crippen molar-refractivity contribution in [3.05, 3.63) is 81.8 Å². The lowest BCUT2D eigenvalue weighted by atomic mass is 10.2. The summed E-state index contributed by atoms with van der Waals surface area (Å²) in [6.45, 7) is 0.485. The molecule has 162 valence electrons. The highest BCUT2D eigenvalue weighted by molar-refractivity contribution is 5.76. The van der Waals surface area contributed by atoms with E-state index < -0.39 is 0 Å². The summed E-state index contributed by atoms with van der Waals surface area (Å²) >= 11 is 0. The zero-order valence-electron chi connectivity index (χ0n) is 17.7. The van der Waals surface area contributed by atoms with Crippen molar-refractivity contribution in [3.63, 3.8) is 0 Å². The number of amides is 1. The molecule has 1 N–H and O–H groups in total. The Morgan fingerprint density at radius 3 is 2.62 bits per heavy atom. The van der Waals surface area contributed by atoms with Crippen LogP contribution in [0.15, 0.2) is 59.4 Å². The minimum absolute atomic E-state index is 0.0786. The number of rotatable bonds is 6. The lowest BCUT2D eigenvalue weighted by Gasteiger charge is -2.14. The zero-order chi connectivity index (χ0) is 22.1. The summed E-state index contributed by atoms with van der Waals surface area (Å²) in [5, 5.41) is 7.42. The molecular formula is C24H23N5O3. The number of methoxy groups -OCH3 is 1. The first-order valence-corrected chi connectivity index (χ1v) is 10.6. The quantitative estimate of drug-likeness (QED) is 0.508. The van der Waals surface area contributed by atoms with Crippen LogP contribution in [0.3, 0.4) is 0 Å². The van der Waals surface area contributed by atoms with Crippen LogP contribution in [0, 0.1) is 0 Å². The van der Waals surface area contributed by atoms with Gasteiger partial charge in [0.25, 0.3) is 5.56 Å². The van der Waals surface area contributed by atoms with Crippen molar-refractivity contribution in [2.24, 2.45) is 0 Å². The summed E-state index contributed by atoms with van der Waals surface area (Å²) in [6, 6.07) is 17.1. The monoisotopic (exact) mass is 429 g/mol.